The van der Waals surface area contributed by atoms with E-state index in [1.54, 1.807) is 0 Å². The zero-order chi connectivity index (χ0) is 17.3. The molecule has 5 nitrogen and oxygen atoms in total. The third-order valence-electron chi connectivity index (χ3n) is 4.59. The predicted molar refractivity (Wildman–Crippen MR) is 98.0 cm³/mol. The highest BCUT2D eigenvalue weighted by molar-refractivity contribution is 9.10. The van der Waals surface area contributed by atoms with E-state index in [2.05, 4.69) is 38.5 Å². The van der Waals surface area contributed by atoms with Gasteiger partial charge in [-0.3, -0.25) is 9.48 Å². The van der Waals surface area contributed by atoms with Crippen LogP contribution in [0, 0.1) is 19.8 Å². The second-order valence-corrected chi connectivity index (χ2v) is 7.40. The molecule has 1 amide bonds. The number of hydrogen-bond donors (Lipinski definition) is 2. The van der Waals surface area contributed by atoms with E-state index in [1.807, 2.05) is 30.7 Å². The first-order chi connectivity index (χ1) is 11.5. The number of nitrogens with zero attached hydrogens (tertiary/aromatic N) is 2. The molecule has 1 fully saturated rings. The van der Waals surface area contributed by atoms with E-state index in [0.29, 0.717) is 24.6 Å². The van der Waals surface area contributed by atoms with Gasteiger partial charge in [0, 0.05) is 22.8 Å². The van der Waals surface area contributed by atoms with Crippen molar-refractivity contribution >= 4 is 21.8 Å². The van der Waals surface area contributed by atoms with Gasteiger partial charge in [0.15, 0.2) is 0 Å². The molecule has 24 heavy (non-hydrogen) atoms. The Hall–Kier alpha value is -1.66. The van der Waals surface area contributed by atoms with Crippen LogP contribution in [0.3, 0.4) is 0 Å². The van der Waals surface area contributed by atoms with Gasteiger partial charge in [-0.1, -0.05) is 28.1 Å². The van der Waals surface area contributed by atoms with Gasteiger partial charge in [-0.05, 0) is 50.3 Å². The molecule has 1 aliphatic rings. The molecule has 1 unspecified atom stereocenters. The summed E-state index contributed by atoms with van der Waals surface area (Å²) in [6.45, 7) is 4.96. The van der Waals surface area contributed by atoms with Gasteiger partial charge in [-0.15, -0.1) is 0 Å². The van der Waals surface area contributed by atoms with Crippen molar-refractivity contribution < 1.29 is 4.79 Å². The number of amides is 1. The van der Waals surface area contributed by atoms with Crippen molar-refractivity contribution in [3.63, 3.8) is 0 Å². The second kappa shape index (κ2) is 7.07. The van der Waals surface area contributed by atoms with Gasteiger partial charge >= 0.3 is 0 Å². The number of rotatable bonds is 6. The van der Waals surface area contributed by atoms with Crippen molar-refractivity contribution in [1.29, 1.82) is 0 Å². The topological polar surface area (TPSA) is 72.9 Å². The van der Waals surface area contributed by atoms with Crippen LogP contribution in [0.2, 0.25) is 0 Å². The molecular weight excluding hydrogens is 368 g/mol. The van der Waals surface area contributed by atoms with Crippen LogP contribution < -0.4 is 11.1 Å². The molecule has 1 atom stereocenters. The molecule has 128 valence electrons. The quantitative estimate of drug-likeness (QED) is 0.796. The van der Waals surface area contributed by atoms with E-state index in [1.165, 1.54) is 0 Å². The van der Waals surface area contributed by atoms with Crippen LogP contribution in [-0.4, -0.2) is 28.3 Å². The lowest BCUT2D eigenvalue weighted by Gasteiger charge is -2.16. The first-order valence-electron chi connectivity index (χ1n) is 8.29. The van der Waals surface area contributed by atoms with Crippen molar-refractivity contribution in [2.45, 2.75) is 39.3 Å². The van der Waals surface area contributed by atoms with Crippen molar-refractivity contribution in [3.8, 4) is 0 Å². The zero-order valence-electron chi connectivity index (χ0n) is 14.1. The smallest absolute Gasteiger partial charge is 0.255 e. The maximum absolute atomic E-state index is 12.7. The van der Waals surface area contributed by atoms with Crippen LogP contribution in [0.5, 0.6) is 0 Å². The Morgan fingerprint density at radius 2 is 2.21 bits per heavy atom. The minimum absolute atomic E-state index is 0.0622. The minimum Gasteiger partial charge on any atom is -0.348 e. The Labute approximate surface area is 150 Å². The number of halogens is 1. The molecule has 0 spiro atoms. The average Bonchev–Trinajstić information content (AvgIpc) is 3.33. The summed E-state index contributed by atoms with van der Waals surface area (Å²) in [5, 5.41) is 7.65. The molecule has 3 N–H and O–H groups in total. The summed E-state index contributed by atoms with van der Waals surface area (Å²) in [6, 6.07) is 8.19. The van der Waals surface area contributed by atoms with Crippen molar-refractivity contribution in [2.75, 3.05) is 6.54 Å². The molecular formula is C18H23BrN4O. The van der Waals surface area contributed by atoms with Gasteiger partial charge < -0.3 is 11.1 Å². The molecule has 1 aromatic heterocycles. The fourth-order valence-electron chi connectivity index (χ4n) is 3.10. The molecule has 0 saturated heterocycles. The van der Waals surface area contributed by atoms with E-state index in [9.17, 15) is 4.79 Å². The van der Waals surface area contributed by atoms with Crippen LogP contribution >= 0.6 is 15.9 Å². The lowest BCUT2D eigenvalue weighted by Crippen LogP contribution is -2.42. The molecule has 1 saturated carbocycles. The Balaban J connectivity index is 1.79. The Bertz CT molecular complexity index is 751. The monoisotopic (exact) mass is 390 g/mol. The maximum atomic E-state index is 12.7. The summed E-state index contributed by atoms with van der Waals surface area (Å²) in [4.78, 5) is 12.7. The van der Waals surface area contributed by atoms with E-state index in [0.717, 1.165) is 34.3 Å². The summed E-state index contributed by atoms with van der Waals surface area (Å²) < 4.78 is 2.93. The third kappa shape index (κ3) is 3.70. The number of benzene rings is 1. The number of carbonyl (C=O) groups excluding carboxylic acids is 1. The average molecular weight is 391 g/mol. The fraction of sp³-hybridized carbons (Fsp3) is 0.444. The number of hydrogen-bond acceptors (Lipinski definition) is 3. The van der Waals surface area contributed by atoms with Crippen LogP contribution in [0.4, 0.5) is 0 Å². The SMILES string of the molecule is Cc1nn(Cc2cccc(Br)c2)c(C)c1C(=O)NC(CN)C1CC1. The molecule has 0 aliphatic heterocycles. The number of carbonyl (C=O) groups is 1. The molecule has 0 radical (unpaired) electrons. The Kier molecular flexibility index (Phi) is 5.06. The van der Waals surface area contributed by atoms with E-state index < -0.39 is 0 Å². The number of nitrogens with two attached hydrogens (primary N) is 1. The van der Waals surface area contributed by atoms with Crippen molar-refractivity contribution in [2.24, 2.45) is 11.7 Å². The maximum Gasteiger partial charge on any atom is 0.255 e. The van der Waals surface area contributed by atoms with Crippen LogP contribution in [0.1, 0.15) is 40.2 Å². The minimum atomic E-state index is -0.0622. The van der Waals surface area contributed by atoms with Gasteiger partial charge in [-0.25, -0.2) is 0 Å². The molecule has 6 heteroatoms. The van der Waals surface area contributed by atoms with Crippen LogP contribution in [0.25, 0.3) is 0 Å². The molecule has 0 bridgehead atoms. The fourth-order valence-corrected chi connectivity index (χ4v) is 3.54. The standard InChI is InChI=1S/C18H23BrN4O/c1-11-17(18(24)21-16(9-20)14-6-7-14)12(2)23(22-11)10-13-4-3-5-15(19)8-13/h3-5,8,14,16H,6-7,9-10,20H2,1-2H3,(H,21,24). The normalized spacial score (nSPS) is 15.3. The van der Waals surface area contributed by atoms with Gasteiger partial charge in [-0.2, -0.15) is 5.10 Å². The lowest BCUT2D eigenvalue weighted by molar-refractivity contribution is 0.0932. The van der Waals surface area contributed by atoms with Crippen LogP contribution in [-0.2, 0) is 6.54 Å². The highest BCUT2D eigenvalue weighted by atomic mass is 79.9. The second-order valence-electron chi connectivity index (χ2n) is 6.49. The highest BCUT2D eigenvalue weighted by Crippen LogP contribution is 2.32. The number of aromatic nitrogens is 2. The van der Waals surface area contributed by atoms with E-state index >= 15 is 0 Å². The number of aryl methyl sites for hydroxylation is 1. The zero-order valence-corrected chi connectivity index (χ0v) is 15.6. The highest BCUT2D eigenvalue weighted by Gasteiger charge is 2.32. The van der Waals surface area contributed by atoms with Gasteiger partial charge in [0.1, 0.15) is 0 Å². The molecule has 2 aromatic rings. The first-order valence-corrected chi connectivity index (χ1v) is 9.08. The van der Waals surface area contributed by atoms with E-state index in [-0.39, 0.29) is 11.9 Å². The lowest BCUT2D eigenvalue weighted by atomic mass is 10.1. The molecule has 1 heterocycles. The first kappa shape index (κ1) is 17.2. The molecule has 3 rings (SSSR count). The Morgan fingerprint density at radius 1 is 1.46 bits per heavy atom. The summed E-state index contributed by atoms with van der Waals surface area (Å²) in [5.41, 5.74) is 9.25. The van der Waals surface area contributed by atoms with Crippen molar-refractivity contribution in [1.82, 2.24) is 15.1 Å². The summed E-state index contributed by atoms with van der Waals surface area (Å²) in [7, 11) is 0. The van der Waals surface area contributed by atoms with Gasteiger partial charge in [0.25, 0.3) is 5.91 Å². The van der Waals surface area contributed by atoms with Crippen LogP contribution in [0.15, 0.2) is 28.7 Å². The van der Waals surface area contributed by atoms with E-state index in [4.69, 9.17) is 5.73 Å². The molecule has 1 aliphatic carbocycles. The summed E-state index contributed by atoms with van der Waals surface area (Å²) in [5.74, 6) is 0.476. The van der Waals surface area contributed by atoms with Crippen molar-refractivity contribution in [3.05, 3.63) is 51.3 Å². The van der Waals surface area contributed by atoms with Gasteiger partial charge in [0.05, 0.1) is 17.8 Å². The predicted octanol–water partition coefficient (Wildman–Crippen LogP) is 2.78. The summed E-state index contributed by atoms with van der Waals surface area (Å²) in [6.07, 6.45) is 2.31. The summed E-state index contributed by atoms with van der Waals surface area (Å²) >= 11 is 3.49. The molecule has 1 aromatic carbocycles. The van der Waals surface area contributed by atoms with Gasteiger partial charge in [0.2, 0.25) is 0 Å². The largest absolute Gasteiger partial charge is 0.348 e. The Morgan fingerprint density at radius 3 is 2.83 bits per heavy atom. The number of nitrogens with one attached hydrogen (secondary N) is 1. The third-order valence-corrected chi connectivity index (χ3v) is 5.08.